The molecule has 0 aliphatic heterocycles. The van der Waals surface area contributed by atoms with Crippen LogP contribution in [0, 0.1) is 0 Å². The molecule has 0 aromatic carbocycles. The van der Waals surface area contributed by atoms with Crippen LogP contribution in [-0.2, 0) is 0 Å². The van der Waals surface area contributed by atoms with E-state index in [4.69, 9.17) is 0 Å². The van der Waals surface area contributed by atoms with Crippen LogP contribution >= 0.6 is 0 Å². The zero-order valence-electron chi connectivity index (χ0n) is 10.1. The van der Waals surface area contributed by atoms with Gasteiger partial charge in [-0.05, 0) is 13.8 Å². The third-order valence-electron chi connectivity index (χ3n) is 2.20. The highest BCUT2D eigenvalue weighted by molar-refractivity contribution is 5.01. The summed E-state index contributed by atoms with van der Waals surface area (Å²) < 4.78 is 2.04. The standard InChI is InChI=1S/C11H21N3/c1-7(2)10-12-11(8(3)4)14(13-10)9(5)6/h7-9H,1-6H3. The van der Waals surface area contributed by atoms with Gasteiger partial charge in [-0.25, -0.2) is 9.67 Å². The van der Waals surface area contributed by atoms with E-state index in [0.29, 0.717) is 17.9 Å². The Morgan fingerprint density at radius 3 is 1.79 bits per heavy atom. The average Bonchev–Trinajstić information content (AvgIpc) is 2.47. The first-order valence-electron chi connectivity index (χ1n) is 5.39. The van der Waals surface area contributed by atoms with Crippen LogP contribution in [0.3, 0.4) is 0 Å². The molecule has 0 amide bonds. The zero-order valence-corrected chi connectivity index (χ0v) is 10.1. The maximum atomic E-state index is 4.58. The quantitative estimate of drug-likeness (QED) is 0.742. The van der Waals surface area contributed by atoms with E-state index in [1.807, 2.05) is 4.68 Å². The second-order valence-electron chi connectivity index (χ2n) is 4.68. The summed E-state index contributed by atoms with van der Waals surface area (Å²) in [6.45, 7) is 12.9. The van der Waals surface area contributed by atoms with E-state index in [0.717, 1.165) is 11.6 Å². The van der Waals surface area contributed by atoms with Gasteiger partial charge in [0, 0.05) is 17.9 Å². The van der Waals surface area contributed by atoms with Gasteiger partial charge in [0.15, 0.2) is 5.82 Å². The summed E-state index contributed by atoms with van der Waals surface area (Å²) in [6, 6.07) is 0.396. The minimum absolute atomic E-state index is 0.396. The molecular formula is C11H21N3. The lowest BCUT2D eigenvalue weighted by Gasteiger charge is -2.10. The van der Waals surface area contributed by atoms with E-state index in [-0.39, 0.29) is 0 Å². The molecule has 0 aliphatic carbocycles. The fraction of sp³-hybridized carbons (Fsp3) is 0.818. The Morgan fingerprint density at radius 2 is 1.50 bits per heavy atom. The topological polar surface area (TPSA) is 30.7 Å². The van der Waals surface area contributed by atoms with Gasteiger partial charge in [-0.2, -0.15) is 5.10 Å². The highest BCUT2D eigenvalue weighted by atomic mass is 15.4. The number of hydrogen-bond donors (Lipinski definition) is 0. The summed E-state index contributed by atoms with van der Waals surface area (Å²) in [5, 5.41) is 4.54. The molecule has 3 heteroatoms. The van der Waals surface area contributed by atoms with Crippen LogP contribution in [0.2, 0.25) is 0 Å². The van der Waals surface area contributed by atoms with Crippen molar-refractivity contribution in [2.45, 2.75) is 59.4 Å². The summed E-state index contributed by atoms with van der Waals surface area (Å²) >= 11 is 0. The molecule has 0 radical (unpaired) electrons. The van der Waals surface area contributed by atoms with Crippen LogP contribution in [0.15, 0.2) is 0 Å². The van der Waals surface area contributed by atoms with Crippen LogP contribution in [0.25, 0.3) is 0 Å². The Morgan fingerprint density at radius 1 is 0.929 bits per heavy atom. The summed E-state index contributed by atoms with van der Waals surface area (Å²) in [6.07, 6.45) is 0. The van der Waals surface area contributed by atoms with Gasteiger partial charge in [-0.3, -0.25) is 0 Å². The fourth-order valence-corrected chi connectivity index (χ4v) is 1.37. The van der Waals surface area contributed by atoms with Crippen LogP contribution < -0.4 is 0 Å². The van der Waals surface area contributed by atoms with Crippen molar-refractivity contribution in [3.63, 3.8) is 0 Å². The second kappa shape index (κ2) is 4.11. The second-order valence-corrected chi connectivity index (χ2v) is 4.68. The third kappa shape index (κ3) is 2.14. The monoisotopic (exact) mass is 195 g/mol. The maximum Gasteiger partial charge on any atom is 0.153 e. The van der Waals surface area contributed by atoms with Crippen molar-refractivity contribution in [3.05, 3.63) is 11.6 Å². The van der Waals surface area contributed by atoms with Gasteiger partial charge in [0.1, 0.15) is 5.82 Å². The molecule has 1 rings (SSSR count). The molecular weight excluding hydrogens is 174 g/mol. The third-order valence-corrected chi connectivity index (χ3v) is 2.20. The number of nitrogens with zero attached hydrogens (tertiary/aromatic N) is 3. The first-order valence-corrected chi connectivity index (χ1v) is 5.39. The van der Waals surface area contributed by atoms with Gasteiger partial charge in [-0.15, -0.1) is 0 Å². The normalized spacial score (nSPS) is 12.1. The summed E-state index contributed by atoms with van der Waals surface area (Å²) in [5.74, 6) is 2.91. The Balaban J connectivity index is 3.12. The van der Waals surface area contributed by atoms with Crippen molar-refractivity contribution in [1.29, 1.82) is 0 Å². The molecule has 1 aromatic heterocycles. The summed E-state index contributed by atoms with van der Waals surface area (Å²) in [5.41, 5.74) is 0. The van der Waals surface area contributed by atoms with E-state index >= 15 is 0 Å². The Bertz CT molecular complexity index is 272. The zero-order chi connectivity index (χ0) is 10.9. The molecule has 0 spiro atoms. The molecule has 0 aliphatic rings. The lowest BCUT2D eigenvalue weighted by atomic mass is 10.2. The number of hydrogen-bond acceptors (Lipinski definition) is 2. The molecule has 80 valence electrons. The van der Waals surface area contributed by atoms with E-state index in [1.165, 1.54) is 0 Å². The van der Waals surface area contributed by atoms with E-state index in [2.05, 4.69) is 51.6 Å². The highest BCUT2D eigenvalue weighted by Crippen LogP contribution is 2.19. The van der Waals surface area contributed by atoms with Gasteiger partial charge in [-0.1, -0.05) is 27.7 Å². The van der Waals surface area contributed by atoms with Gasteiger partial charge >= 0.3 is 0 Å². The Labute approximate surface area is 86.5 Å². The molecule has 1 heterocycles. The molecule has 14 heavy (non-hydrogen) atoms. The van der Waals surface area contributed by atoms with E-state index in [1.54, 1.807) is 0 Å². The Hall–Kier alpha value is -0.860. The SMILES string of the molecule is CC(C)c1nc(C(C)C)n(C(C)C)n1. The molecule has 0 atom stereocenters. The van der Waals surface area contributed by atoms with Crippen molar-refractivity contribution >= 4 is 0 Å². The average molecular weight is 195 g/mol. The fourth-order valence-electron chi connectivity index (χ4n) is 1.37. The first-order chi connectivity index (χ1) is 6.43. The Kier molecular flexibility index (Phi) is 3.29. The van der Waals surface area contributed by atoms with Crippen molar-refractivity contribution in [2.24, 2.45) is 0 Å². The summed E-state index contributed by atoms with van der Waals surface area (Å²) in [7, 11) is 0. The van der Waals surface area contributed by atoms with E-state index in [9.17, 15) is 0 Å². The number of aromatic nitrogens is 3. The van der Waals surface area contributed by atoms with Crippen molar-refractivity contribution in [1.82, 2.24) is 14.8 Å². The van der Waals surface area contributed by atoms with Gasteiger partial charge in [0.25, 0.3) is 0 Å². The molecule has 0 fully saturated rings. The molecule has 0 saturated heterocycles. The van der Waals surface area contributed by atoms with Crippen LogP contribution in [0.4, 0.5) is 0 Å². The van der Waals surface area contributed by atoms with Crippen molar-refractivity contribution < 1.29 is 0 Å². The first kappa shape index (κ1) is 11.2. The predicted molar refractivity (Wildman–Crippen MR) is 58.6 cm³/mol. The molecule has 0 bridgehead atoms. The predicted octanol–water partition coefficient (Wildman–Crippen LogP) is 3.11. The van der Waals surface area contributed by atoms with Gasteiger partial charge < -0.3 is 0 Å². The lowest BCUT2D eigenvalue weighted by molar-refractivity contribution is 0.488. The highest BCUT2D eigenvalue weighted by Gasteiger charge is 2.16. The smallest absolute Gasteiger partial charge is 0.153 e. The lowest BCUT2D eigenvalue weighted by Crippen LogP contribution is -2.09. The maximum absolute atomic E-state index is 4.58. The molecule has 0 N–H and O–H groups in total. The molecule has 0 saturated carbocycles. The largest absolute Gasteiger partial charge is 0.247 e. The van der Waals surface area contributed by atoms with Crippen molar-refractivity contribution in [2.75, 3.05) is 0 Å². The van der Waals surface area contributed by atoms with E-state index < -0.39 is 0 Å². The van der Waals surface area contributed by atoms with Crippen LogP contribution in [0.5, 0.6) is 0 Å². The van der Waals surface area contributed by atoms with Crippen molar-refractivity contribution in [3.8, 4) is 0 Å². The van der Waals surface area contributed by atoms with Crippen LogP contribution in [0.1, 0.15) is 71.1 Å². The molecule has 1 aromatic rings. The van der Waals surface area contributed by atoms with Gasteiger partial charge in [0.05, 0.1) is 0 Å². The minimum atomic E-state index is 0.396. The molecule has 0 unspecified atom stereocenters. The molecule has 3 nitrogen and oxygen atoms in total. The minimum Gasteiger partial charge on any atom is -0.247 e. The van der Waals surface area contributed by atoms with Gasteiger partial charge in [0.2, 0.25) is 0 Å². The number of rotatable bonds is 3. The summed E-state index contributed by atoms with van der Waals surface area (Å²) in [4.78, 5) is 4.58. The van der Waals surface area contributed by atoms with Crippen LogP contribution in [-0.4, -0.2) is 14.8 Å².